The molecule has 1 aliphatic rings. The van der Waals surface area contributed by atoms with Crippen LogP contribution in [0.4, 0.5) is 29.5 Å². The second-order valence-electron chi connectivity index (χ2n) is 7.68. The van der Waals surface area contributed by atoms with Crippen LogP contribution < -0.4 is 19.7 Å². The van der Waals surface area contributed by atoms with E-state index in [2.05, 4.69) is 10.3 Å². The van der Waals surface area contributed by atoms with Crippen LogP contribution in [0.3, 0.4) is 0 Å². The van der Waals surface area contributed by atoms with Crippen LogP contribution in [0.1, 0.15) is 28.5 Å². The van der Waals surface area contributed by atoms with E-state index in [-0.39, 0.29) is 49.2 Å². The van der Waals surface area contributed by atoms with Crippen LogP contribution >= 0.6 is 11.6 Å². The highest BCUT2D eigenvalue weighted by atomic mass is 35.5. The van der Waals surface area contributed by atoms with Gasteiger partial charge in [0.1, 0.15) is 23.4 Å². The van der Waals surface area contributed by atoms with Gasteiger partial charge in [-0.15, -0.1) is 0 Å². The molecule has 1 saturated heterocycles. The number of nitriles is 1. The number of urea groups is 1. The molecule has 1 aromatic heterocycles. The maximum Gasteiger partial charge on any atom is 0.434 e. The lowest BCUT2D eigenvalue weighted by Gasteiger charge is -2.36. The van der Waals surface area contributed by atoms with Gasteiger partial charge in [-0.25, -0.2) is 14.6 Å². The van der Waals surface area contributed by atoms with Gasteiger partial charge in [-0.3, -0.25) is 0 Å². The number of hydrogen-bond donors (Lipinski definition) is 1. The molecule has 0 spiro atoms. The molecule has 0 saturated carbocycles. The highest BCUT2D eigenvalue weighted by Gasteiger charge is 2.40. The Balaban J connectivity index is 1.79. The summed E-state index contributed by atoms with van der Waals surface area (Å²) in [5, 5.41) is 12.5. The number of nitrogens with one attached hydrogen (secondary N) is 1. The summed E-state index contributed by atoms with van der Waals surface area (Å²) in [5.74, 6) is -0.775. The second kappa shape index (κ2) is 11.4. The molecule has 0 aliphatic carbocycles. The van der Waals surface area contributed by atoms with Crippen molar-refractivity contribution < 1.29 is 37.0 Å². The summed E-state index contributed by atoms with van der Waals surface area (Å²) >= 11 is 6.14. The van der Waals surface area contributed by atoms with E-state index in [1.807, 2.05) is 0 Å². The van der Waals surface area contributed by atoms with Crippen molar-refractivity contribution in [3.05, 3.63) is 40.0 Å². The van der Waals surface area contributed by atoms with E-state index in [0.717, 1.165) is 6.07 Å². The maximum atomic E-state index is 13.7. The lowest BCUT2D eigenvalue weighted by atomic mass is 10.1. The molecule has 2 aromatic rings. The van der Waals surface area contributed by atoms with Crippen LogP contribution in [0.5, 0.6) is 11.5 Å². The summed E-state index contributed by atoms with van der Waals surface area (Å²) in [6.45, 7) is 1.72. The normalized spacial score (nSPS) is 13.6. The minimum Gasteiger partial charge on any atom is -0.495 e. The molecule has 0 bridgehead atoms. The molecule has 3 rings (SSSR count). The number of alkyl halides is 3. The smallest absolute Gasteiger partial charge is 0.434 e. The third-order valence-electron chi connectivity index (χ3n) is 5.47. The SMILES string of the molecule is CCOC(=O)c1cc(C#N)c(N2CCN(C(=O)Nc3cc(Cl)c(OC)cc3OC)CC2)nc1C(F)(F)F. The van der Waals surface area contributed by atoms with Crippen molar-refractivity contribution in [2.75, 3.05) is 57.2 Å². The van der Waals surface area contributed by atoms with Crippen LogP contribution in [0, 0.1) is 11.3 Å². The zero-order valence-corrected chi connectivity index (χ0v) is 20.9. The summed E-state index contributed by atoms with van der Waals surface area (Å²) in [4.78, 5) is 31.5. The summed E-state index contributed by atoms with van der Waals surface area (Å²) < 4.78 is 56.2. The number of pyridine rings is 1. The number of nitrogens with zero attached hydrogens (tertiary/aromatic N) is 4. The Morgan fingerprint density at radius 1 is 1.14 bits per heavy atom. The quantitative estimate of drug-likeness (QED) is 0.542. The fraction of sp³-hybridized carbons (Fsp3) is 0.391. The lowest BCUT2D eigenvalue weighted by Crippen LogP contribution is -2.50. The average molecular weight is 542 g/mol. The molecule has 198 valence electrons. The number of amides is 2. The molecular formula is C23H23ClF3N5O5. The Kier molecular flexibility index (Phi) is 8.54. The number of piperazine rings is 1. The predicted octanol–water partition coefficient (Wildman–Crippen LogP) is 4.17. The molecule has 0 radical (unpaired) electrons. The fourth-order valence-electron chi connectivity index (χ4n) is 3.68. The molecule has 1 N–H and O–H groups in total. The highest BCUT2D eigenvalue weighted by molar-refractivity contribution is 6.32. The number of ether oxygens (including phenoxy) is 3. The standard InChI is InChI=1S/C23H23ClF3N5O5/c1-4-37-21(33)14-9-13(12-28)20(30-19(14)23(25,26)27)31-5-7-32(8-6-31)22(34)29-16-10-15(24)17(35-2)11-18(16)36-3/h9-11H,4-8H2,1-3H3,(H,29,34). The van der Waals surface area contributed by atoms with Crippen molar-refractivity contribution in [1.29, 1.82) is 5.26 Å². The molecule has 1 aromatic carbocycles. The number of carbonyl (C=O) groups excluding carboxylic acids is 2. The molecule has 0 atom stereocenters. The van der Waals surface area contributed by atoms with Crippen LogP contribution in [0.25, 0.3) is 0 Å². The van der Waals surface area contributed by atoms with Crippen LogP contribution in [0.2, 0.25) is 5.02 Å². The molecule has 2 heterocycles. The first-order valence-corrected chi connectivity index (χ1v) is 11.3. The number of aromatic nitrogens is 1. The van der Waals surface area contributed by atoms with Crippen molar-refractivity contribution in [2.24, 2.45) is 0 Å². The van der Waals surface area contributed by atoms with Gasteiger partial charge in [0.25, 0.3) is 0 Å². The van der Waals surface area contributed by atoms with Gasteiger partial charge in [0.05, 0.1) is 42.7 Å². The van der Waals surface area contributed by atoms with Gasteiger partial charge in [0, 0.05) is 32.2 Å². The summed E-state index contributed by atoms with van der Waals surface area (Å²) in [7, 11) is 2.85. The molecule has 14 heteroatoms. The van der Waals surface area contributed by atoms with E-state index < -0.39 is 29.4 Å². The number of rotatable bonds is 6. The van der Waals surface area contributed by atoms with Crippen LogP contribution in [0.15, 0.2) is 18.2 Å². The zero-order valence-electron chi connectivity index (χ0n) is 20.1. The summed E-state index contributed by atoms with van der Waals surface area (Å²) in [5.41, 5.74) is -2.19. The Morgan fingerprint density at radius 3 is 2.32 bits per heavy atom. The minimum atomic E-state index is -4.95. The lowest BCUT2D eigenvalue weighted by molar-refractivity contribution is -0.141. The first kappa shape index (κ1) is 27.7. The van der Waals surface area contributed by atoms with E-state index in [1.165, 1.54) is 43.1 Å². The second-order valence-corrected chi connectivity index (χ2v) is 8.08. The van der Waals surface area contributed by atoms with Gasteiger partial charge < -0.3 is 29.3 Å². The van der Waals surface area contributed by atoms with Crippen molar-refractivity contribution >= 4 is 35.1 Å². The zero-order chi connectivity index (χ0) is 27.3. The van der Waals surface area contributed by atoms with E-state index in [1.54, 1.807) is 6.07 Å². The molecule has 0 unspecified atom stereocenters. The Bertz CT molecular complexity index is 1230. The molecule has 1 fully saturated rings. The van der Waals surface area contributed by atoms with Crippen molar-refractivity contribution in [3.8, 4) is 17.6 Å². The van der Waals surface area contributed by atoms with E-state index >= 15 is 0 Å². The predicted molar refractivity (Wildman–Crippen MR) is 127 cm³/mol. The number of benzene rings is 1. The first-order chi connectivity index (χ1) is 17.5. The first-order valence-electron chi connectivity index (χ1n) is 11.0. The third-order valence-corrected chi connectivity index (χ3v) is 5.76. The van der Waals surface area contributed by atoms with Gasteiger partial charge >= 0.3 is 18.2 Å². The highest BCUT2D eigenvalue weighted by Crippen LogP contribution is 2.37. The number of carbonyl (C=O) groups is 2. The Hall–Kier alpha value is -3.92. The van der Waals surface area contributed by atoms with Crippen molar-refractivity contribution in [2.45, 2.75) is 13.1 Å². The monoisotopic (exact) mass is 541 g/mol. The maximum absolute atomic E-state index is 13.7. The Labute approximate surface area is 215 Å². The minimum absolute atomic E-state index is 0.0889. The number of esters is 1. The topological polar surface area (TPSA) is 117 Å². The Morgan fingerprint density at radius 2 is 1.78 bits per heavy atom. The third kappa shape index (κ3) is 6.08. The van der Waals surface area contributed by atoms with Gasteiger partial charge in [-0.2, -0.15) is 18.4 Å². The van der Waals surface area contributed by atoms with E-state index in [9.17, 15) is 28.0 Å². The molecule has 2 amide bonds. The number of halogens is 4. The molecule has 1 aliphatic heterocycles. The van der Waals surface area contributed by atoms with Gasteiger partial charge in [-0.05, 0) is 19.1 Å². The van der Waals surface area contributed by atoms with E-state index in [0.29, 0.717) is 17.2 Å². The number of anilines is 2. The van der Waals surface area contributed by atoms with Gasteiger partial charge in [0.15, 0.2) is 5.69 Å². The summed E-state index contributed by atoms with van der Waals surface area (Å²) in [6, 6.07) is 5.13. The fourth-order valence-corrected chi connectivity index (χ4v) is 3.92. The van der Waals surface area contributed by atoms with Crippen LogP contribution in [-0.2, 0) is 10.9 Å². The molecular weight excluding hydrogens is 519 g/mol. The van der Waals surface area contributed by atoms with Gasteiger partial charge in [0.2, 0.25) is 0 Å². The average Bonchev–Trinajstić information content (AvgIpc) is 2.87. The van der Waals surface area contributed by atoms with Gasteiger partial charge in [-0.1, -0.05) is 11.6 Å². The largest absolute Gasteiger partial charge is 0.495 e. The number of methoxy groups -OCH3 is 2. The van der Waals surface area contributed by atoms with E-state index in [4.69, 9.17) is 25.8 Å². The summed E-state index contributed by atoms with van der Waals surface area (Å²) in [6.07, 6.45) is -4.95. The molecule has 10 nitrogen and oxygen atoms in total. The van der Waals surface area contributed by atoms with Crippen molar-refractivity contribution in [1.82, 2.24) is 9.88 Å². The molecule has 37 heavy (non-hydrogen) atoms. The van der Waals surface area contributed by atoms with Crippen molar-refractivity contribution in [3.63, 3.8) is 0 Å². The number of hydrogen-bond acceptors (Lipinski definition) is 8. The van der Waals surface area contributed by atoms with Crippen LogP contribution in [-0.4, -0.2) is 68.9 Å².